The quantitative estimate of drug-likeness (QED) is 0.390. The van der Waals surface area contributed by atoms with Gasteiger partial charge in [0.2, 0.25) is 0 Å². The van der Waals surface area contributed by atoms with E-state index >= 15 is 0 Å². The third-order valence-electron chi connectivity index (χ3n) is 5.88. The molecule has 0 bridgehead atoms. The van der Waals surface area contributed by atoms with Crippen molar-refractivity contribution in [1.29, 1.82) is 0 Å². The summed E-state index contributed by atoms with van der Waals surface area (Å²) < 4.78 is 0. The molecule has 10 radical (unpaired) electrons. The van der Waals surface area contributed by atoms with Gasteiger partial charge in [0.25, 0.3) is 0 Å². The second-order valence-electron chi connectivity index (χ2n) is 6.96. The Morgan fingerprint density at radius 1 is 0.360 bits per heavy atom. The number of hydrogen-bond acceptors (Lipinski definition) is 0. The average Bonchev–Trinajstić information content (AvgIpc) is 2.86. The molecule has 0 N–H and O–H groups in total. The first kappa shape index (κ1) is 28.1. The predicted molar refractivity (Wildman–Crippen MR) is 109 cm³/mol. The van der Waals surface area contributed by atoms with E-state index in [9.17, 15) is 0 Å². The largest absolute Gasteiger partial charge is 2.00 e. The molecule has 0 spiro atoms. The van der Waals surface area contributed by atoms with E-state index in [0.717, 1.165) is 12.8 Å². The van der Waals surface area contributed by atoms with Crippen molar-refractivity contribution >= 4 is 0 Å². The van der Waals surface area contributed by atoms with Crippen LogP contribution < -0.4 is 0 Å². The smallest absolute Gasteiger partial charge is 0.346 e. The molecule has 25 heavy (non-hydrogen) atoms. The predicted octanol–water partition coefficient (Wildman–Crippen LogP) is 7.38. The summed E-state index contributed by atoms with van der Waals surface area (Å²) in [6.45, 7) is 29.1. The van der Waals surface area contributed by atoms with Crippen molar-refractivity contribution in [2.45, 2.75) is 82.1 Å². The van der Waals surface area contributed by atoms with E-state index < -0.39 is 0 Å². The summed E-state index contributed by atoms with van der Waals surface area (Å²) in [4.78, 5) is 0. The monoisotopic (exact) mass is 416 g/mol. The van der Waals surface area contributed by atoms with E-state index in [2.05, 4.69) is 83.1 Å². The van der Waals surface area contributed by atoms with E-state index in [1.165, 1.54) is 59.2 Å². The Bertz CT molecular complexity index is 204. The molecular formula is C24H38Zr. The summed E-state index contributed by atoms with van der Waals surface area (Å²) in [7, 11) is 0. The molecule has 0 aliphatic heterocycles. The Hall–Kier alpha value is 0.883. The minimum Gasteiger partial charge on any atom is -0.346 e. The van der Waals surface area contributed by atoms with Gasteiger partial charge in [-0.2, -0.15) is 0 Å². The van der Waals surface area contributed by atoms with Gasteiger partial charge in [-0.15, -0.1) is 0 Å². The van der Waals surface area contributed by atoms with E-state index in [1.807, 2.05) is 0 Å². The summed E-state index contributed by atoms with van der Waals surface area (Å²) in [5.74, 6) is 14.7. The fourth-order valence-corrected chi connectivity index (χ4v) is 2.81. The van der Waals surface area contributed by atoms with E-state index in [0.29, 0.717) is 0 Å². The van der Waals surface area contributed by atoms with Gasteiger partial charge in [-0.1, -0.05) is 69.2 Å². The van der Waals surface area contributed by atoms with E-state index in [-0.39, 0.29) is 26.2 Å². The van der Waals surface area contributed by atoms with E-state index in [4.69, 9.17) is 0 Å². The van der Waals surface area contributed by atoms with Crippen LogP contribution in [0.25, 0.3) is 0 Å². The number of unbranched alkanes of at least 4 members (excludes halogenated alkanes) is 1. The van der Waals surface area contributed by atoms with Gasteiger partial charge < -0.3 is 13.8 Å². The maximum atomic E-state index is 3.54. The molecule has 138 valence electrons. The molecule has 0 heterocycles. The van der Waals surface area contributed by atoms with Crippen molar-refractivity contribution in [3.8, 4) is 0 Å². The van der Waals surface area contributed by atoms with Crippen molar-refractivity contribution in [3.63, 3.8) is 0 Å². The van der Waals surface area contributed by atoms with Gasteiger partial charge >= 0.3 is 26.2 Å². The molecule has 2 aliphatic carbocycles. The molecule has 0 saturated heterocycles. The van der Waals surface area contributed by atoms with Gasteiger partial charge in [0.1, 0.15) is 0 Å². The van der Waals surface area contributed by atoms with Gasteiger partial charge in [-0.3, -0.25) is 0 Å². The van der Waals surface area contributed by atoms with Crippen molar-refractivity contribution in [2.24, 2.45) is 0 Å². The third kappa shape index (κ3) is 7.43. The van der Waals surface area contributed by atoms with Crippen LogP contribution in [0.1, 0.15) is 82.1 Å². The summed E-state index contributed by atoms with van der Waals surface area (Å²) in [5, 5.41) is 0. The zero-order valence-electron chi connectivity index (χ0n) is 18.3. The maximum absolute atomic E-state index is 3.54. The molecule has 2 rings (SSSR count). The molecule has 0 unspecified atom stereocenters. The Morgan fingerprint density at radius 2 is 0.440 bits per heavy atom. The summed E-state index contributed by atoms with van der Waals surface area (Å²) in [5.41, 5.74) is 0. The van der Waals surface area contributed by atoms with Gasteiger partial charge in [-0.05, 0) is 59.2 Å². The van der Waals surface area contributed by atoms with Crippen molar-refractivity contribution in [2.75, 3.05) is 0 Å². The Labute approximate surface area is 180 Å². The SMILES string of the molecule is C[C]1[C](C)[C](C)[C](C)[C]1C.C[C]1[C](C)[C](C)[C](C)[C]1C.[CH2-]CC[CH2-].[Zr+2]. The van der Waals surface area contributed by atoms with Gasteiger partial charge in [0, 0.05) is 0 Å². The average molecular weight is 418 g/mol. The minimum absolute atomic E-state index is 0. The van der Waals surface area contributed by atoms with Gasteiger partial charge in [-0.25, -0.2) is 12.8 Å². The van der Waals surface area contributed by atoms with Gasteiger partial charge in [0.15, 0.2) is 0 Å². The van der Waals surface area contributed by atoms with Crippen LogP contribution in [-0.4, -0.2) is 0 Å². The molecule has 2 aliphatic rings. The molecule has 2 fully saturated rings. The van der Waals surface area contributed by atoms with Crippen LogP contribution in [0.2, 0.25) is 0 Å². The zero-order valence-corrected chi connectivity index (χ0v) is 20.8. The first-order valence-electron chi connectivity index (χ1n) is 9.00. The first-order chi connectivity index (χ1) is 11.0. The maximum Gasteiger partial charge on any atom is 2.00 e. The second-order valence-corrected chi connectivity index (χ2v) is 6.96. The van der Waals surface area contributed by atoms with Crippen LogP contribution in [0.5, 0.6) is 0 Å². The number of hydrogen-bond donors (Lipinski definition) is 0. The van der Waals surface area contributed by atoms with Gasteiger partial charge in [0.05, 0.1) is 0 Å². The topological polar surface area (TPSA) is 0 Å². The molecule has 0 aromatic carbocycles. The van der Waals surface area contributed by atoms with Crippen molar-refractivity contribution in [1.82, 2.24) is 0 Å². The minimum atomic E-state index is 0. The normalized spacial score (nSPS) is 24.0. The molecular weight excluding hydrogens is 379 g/mol. The molecule has 1 heteroatoms. The fourth-order valence-electron chi connectivity index (χ4n) is 2.81. The van der Waals surface area contributed by atoms with Crippen LogP contribution in [0, 0.1) is 73.0 Å². The molecule has 0 nitrogen and oxygen atoms in total. The Morgan fingerprint density at radius 3 is 0.480 bits per heavy atom. The second kappa shape index (κ2) is 13.1. The third-order valence-corrected chi connectivity index (χ3v) is 5.88. The van der Waals surface area contributed by atoms with Crippen LogP contribution >= 0.6 is 0 Å². The standard InChI is InChI=1S/2C10H15.C4H8.Zr/c2*1-6-7(2)9(4)10(5)8(6)3;1-3-4-2;/h2*1-5H3;1-4H2;/q;;-2;+2. The van der Waals surface area contributed by atoms with Crippen molar-refractivity contribution in [3.05, 3.63) is 73.0 Å². The molecule has 0 aromatic rings. The zero-order chi connectivity index (χ0) is 19.2. The van der Waals surface area contributed by atoms with Crippen LogP contribution in [0.3, 0.4) is 0 Å². The molecule has 0 aromatic heterocycles. The molecule has 2 saturated carbocycles. The summed E-state index contributed by atoms with van der Waals surface area (Å²) in [6, 6.07) is 0. The molecule has 0 atom stereocenters. The van der Waals surface area contributed by atoms with Crippen LogP contribution in [0.15, 0.2) is 0 Å². The van der Waals surface area contributed by atoms with Crippen LogP contribution in [-0.2, 0) is 26.2 Å². The Kier molecular flexibility index (Phi) is 14.8. The first-order valence-corrected chi connectivity index (χ1v) is 9.00. The van der Waals surface area contributed by atoms with Crippen molar-refractivity contribution < 1.29 is 26.2 Å². The Balaban J connectivity index is 0. The van der Waals surface area contributed by atoms with Crippen LogP contribution in [0.4, 0.5) is 0 Å². The molecule has 0 amide bonds. The summed E-state index contributed by atoms with van der Waals surface area (Å²) >= 11 is 0. The summed E-state index contributed by atoms with van der Waals surface area (Å²) in [6.07, 6.45) is 1.92. The number of rotatable bonds is 1. The van der Waals surface area contributed by atoms with E-state index in [1.54, 1.807) is 0 Å². The fraction of sp³-hybridized carbons (Fsp3) is 0.500.